The monoisotopic (exact) mass is 269 g/mol. The molecule has 1 fully saturated rings. The van der Waals surface area contributed by atoms with Crippen LogP contribution in [-0.4, -0.2) is 0 Å². The Balaban J connectivity index is 1.88. The lowest BCUT2D eigenvalue weighted by Crippen LogP contribution is -2.14. The molecular weight excluding hydrogens is 249 g/mol. The first-order valence-electron chi connectivity index (χ1n) is 7.23. The minimum Gasteiger partial charge on any atom is -0.376 e. The predicted molar refractivity (Wildman–Crippen MR) is 81.4 cm³/mol. The van der Waals surface area contributed by atoms with Gasteiger partial charge in [-0.25, -0.2) is 4.39 Å². The smallest absolute Gasteiger partial charge is 0.146 e. The second-order valence-electron chi connectivity index (χ2n) is 5.85. The van der Waals surface area contributed by atoms with Crippen molar-refractivity contribution in [2.75, 3.05) is 5.32 Å². The Morgan fingerprint density at radius 3 is 2.30 bits per heavy atom. The van der Waals surface area contributed by atoms with Gasteiger partial charge in [0.1, 0.15) is 5.82 Å². The van der Waals surface area contributed by atoms with Gasteiger partial charge >= 0.3 is 0 Å². The largest absolute Gasteiger partial charge is 0.376 e. The summed E-state index contributed by atoms with van der Waals surface area (Å²) in [7, 11) is 0. The summed E-state index contributed by atoms with van der Waals surface area (Å²) in [6.45, 7) is 4.08. The van der Waals surface area contributed by atoms with Crippen LogP contribution in [0.2, 0.25) is 0 Å². The van der Waals surface area contributed by atoms with Crippen molar-refractivity contribution in [2.24, 2.45) is 5.92 Å². The summed E-state index contributed by atoms with van der Waals surface area (Å²) in [5.41, 5.74) is 4.19. The lowest BCUT2D eigenvalue weighted by atomic mass is 10.0. The molecule has 1 N–H and O–H groups in total. The minimum atomic E-state index is -0.173. The number of benzene rings is 2. The van der Waals surface area contributed by atoms with Crippen molar-refractivity contribution in [1.82, 2.24) is 0 Å². The van der Waals surface area contributed by atoms with Crippen LogP contribution in [0.1, 0.15) is 35.6 Å². The van der Waals surface area contributed by atoms with Crippen LogP contribution in [0, 0.1) is 25.6 Å². The lowest BCUT2D eigenvalue weighted by Gasteiger charge is -2.21. The van der Waals surface area contributed by atoms with Crippen LogP contribution < -0.4 is 5.32 Å². The third kappa shape index (κ3) is 2.84. The van der Waals surface area contributed by atoms with Crippen molar-refractivity contribution in [3.8, 4) is 0 Å². The van der Waals surface area contributed by atoms with Crippen molar-refractivity contribution < 1.29 is 4.39 Å². The first-order valence-corrected chi connectivity index (χ1v) is 7.23. The molecule has 1 nitrogen and oxygen atoms in total. The van der Waals surface area contributed by atoms with Gasteiger partial charge in [-0.15, -0.1) is 0 Å². The normalized spacial score (nSPS) is 15.9. The third-order valence-electron chi connectivity index (χ3n) is 3.96. The summed E-state index contributed by atoms with van der Waals surface area (Å²) >= 11 is 0. The second-order valence-corrected chi connectivity index (χ2v) is 5.85. The second kappa shape index (κ2) is 5.28. The van der Waals surface area contributed by atoms with Gasteiger partial charge in [-0.05, 0) is 55.9 Å². The van der Waals surface area contributed by atoms with Crippen LogP contribution in [0.25, 0.3) is 0 Å². The van der Waals surface area contributed by atoms with Crippen LogP contribution in [0.4, 0.5) is 10.1 Å². The molecule has 0 radical (unpaired) electrons. The van der Waals surface area contributed by atoms with Gasteiger partial charge in [-0.2, -0.15) is 0 Å². The topological polar surface area (TPSA) is 12.0 Å². The summed E-state index contributed by atoms with van der Waals surface area (Å²) in [5.74, 6) is 0.450. The zero-order chi connectivity index (χ0) is 14.1. The van der Waals surface area contributed by atoms with Crippen molar-refractivity contribution in [3.05, 3.63) is 65.0 Å². The maximum absolute atomic E-state index is 13.9. The van der Waals surface area contributed by atoms with Crippen molar-refractivity contribution in [2.45, 2.75) is 32.7 Å². The van der Waals surface area contributed by atoms with E-state index >= 15 is 0 Å². The summed E-state index contributed by atoms with van der Waals surface area (Å²) in [4.78, 5) is 0. The van der Waals surface area contributed by atoms with E-state index in [0.29, 0.717) is 11.6 Å². The Hall–Kier alpha value is -1.83. The van der Waals surface area contributed by atoms with Crippen LogP contribution in [0.15, 0.2) is 42.5 Å². The molecule has 1 saturated carbocycles. The maximum atomic E-state index is 13.9. The summed E-state index contributed by atoms with van der Waals surface area (Å²) in [6.07, 6.45) is 2.44. The molecule has 1 atom stereocenters. The van der Waals surface area contributed by atoms with Crippen molar-refractivity contribution in [1.29, 1.82) is 0 Å². The molecule has 0 heterocycles. The van der Waals surface area contributed by atoms with Gasteiger partial charge in [0.2, 0.25) is 0 Å². The molecule has 1 aliphatic carbocycles. The van der Waals surface area contributed by atoms with Crippen molar-refractivity contribution in [3.63, 3.8) is 0 Å². The van der Waals surface area contributed by atoms with Crippen LogP contribution >= 0.6 is 0 Å². The highest BCUT2D eigenvalue weighted by Gasteiger charge is 2.32. The van der Waals surface area contributed by atoms with Crippen LogP contribution in [0.3, 0.4) is 0 Å². The molecule has 20 heavy (non-hydrogen) atoms. The average Bonchev–Trinajstić information content (AvgIpc) is 3.25. The first kappa shape index (κ1) is 13.2. The van der Waals surface area contributed by atoms with E-state index in [1.165, 1.54) is 30.0 Å². The zero-order valence-corrected chi connectivity index (χ0v) is 12.0. The van der Waals surface area contributed by atoms with Crippen molar-refractivity contribution >= 4 is 5.69 Å². The molecule has 2 aromatic carbocycles. The Morgan fingerprint density at radius 1 is 1.00 bits per heavy atom. The summed E-state index contributed by atoms with van der Waals surface area (Å²) in [5, 5.41) is 3.41. The highest BCUT2D eigenvalue weighted by Crippen LogP contribution is 2.43. The minimum absolute atomic E-state index is 0.173. The van der Waals surface area contributed by atoms with Gasteiger partial charge in [-0.3, -0.25) is 0 Å². The van der Waals surface area contributed by atoms with E-state index < -0.39 is 0 Å². The number of halogens is 1. The van der Waals surface area contributed by atoms with Gasteiger partial charge in [-0.1, -0.05) is 35.9 Å². The molecular formula is C18H20FN. The standard InChI is InChI=1S/C18H20FN/c1-12-3-6-14(7-4-12)18(15-8-9-15)20-17-11-13(2)5-10-16(17)19/h3-7,10-11,15,18,20H,8-9H2,1-2H3. The molecule has 2 aromatic rings. The first-order chi connectivity index (χ1) is 9.63. The van der Waals surface area contributed by atoms with E-state index in [2.05, 4.69) is 36.5 Å². The number of nitrogens with one attached hydrogen (secondary N) is 1. The molecule has 2 heteroatoms. The fourth-order valence-electron chi connectivity index (χ4n) is 2.59. The zero-order valence-electron chi connectivity index (χ0n) is 12.0. The Bertz CT molecular complexity index is 599. The van der Waals surface area contributed by atoms with E-state index in [-0.39, 0.29) is 11.9 Å². The van der Waals surface area contributed by atoms with Crippen LogP contribution in [-0.2, 0) is 0 Å². The van der Waals surface area contributed by atoms with Crippen LogP contribution in [0.5, 0.6) is 0 Å². The molecule has 0 saturated heterocycles. The molecule has 0 bridgehead atoms. The summed E-state index contributed by atoms with van der Waals surface area (Å²) in [6, 6.07) is 14.0. The molecule has 3 rings (SSSR count). The number of hydrogen-bond acceptors (Lipinski definition) is 1. The van der Waals surface area contributed by atoms with Gasteiger partial charge < -0.3 is 5.32 Å². The number of hydrogen-bond donors (Lipinski definition) is 1. The molecule has 1 aliphatic rings. The fourth-order valence-corrected chi connectivity index (χ4v) is 2.59. The number of rotatable bonds is 4. The summed E-state index contributed by atoms with van der Waals surface area (Å²) < 4.78 is 13.9. The van der Waals surface area contributed by atoms with E-state index in [1.54, 1.807) is 6.07 Å². The Labute approximate surface area is 119 Å². The van der Waals surface area contributed by atoms with Gasteiger partial charge in [0, 0.05) is 0 Å². The Morgan fingerprint density at radius 2 is 1.65 bits per heavy atom. The molecule has 0 amide bonds. The third-order valence-corrected chi connectivity index (χ3v) is 3.96. The molecule has 1 unspecified atom stereocenters. The Kier molecular flexibility index (Phi) is 3.47. The average molecular weight is 269 g/mol. The highest BCUT2D eigenvalue weighted by molar-refractivity contribution is 5.49. The maximum Gasteiger partial charge on any atom is 0.146 e. The molecule has 0 aliphatic heterocycles. The quantitative estimate of drug-likeness (QED) is 0.823. The van der Waals surface area contributed by atoms with Gasteiger partial charge in [0.05, 0.1) is 11.7 Å². The highest BCUT2D eigenvalue weighted by atomic mass is 19.1. The fraction of sp³-hybridized carbons (Fsp3) is 0.333. The SMILES string of the molecule is Cc1ccc(C(Nc2cc(C)ccc2F)C2CC2)cc1. The number of anilines is 1. The van der Waals surface area contributed by atoms with Gasteiger partial charge in [0.25, 0.3) is 0 Å². The van der Waals surface area contributed by atoms with E-state index in [9.17, 15) is 4.39 Å². The van der Waals surface area contributed by atoms with E-state index in [4.69, 9.17) is 0 Å². The predicted octanol–water partition coefficient (Wildman–Crippen LogP) is 5.01. The lowest BCUT2D eigenvalue weighted by molar-refractivity contribution is 0.616. The van der Waals surface area contributed by atoms with E-state index in [0.717, 1.165) is 5.56 Å². The molecule has 0 aromatic heterocycles. The van der Waals surface area contributed by atoms with E-state index in [1.807, 2.05) is 13.0 Å². The number of aryl methyl sites for hydroxylation is 2. The molecule has 0 spiro atoms. The van der Waals surface area contributed by atoms with Gasteiger partial charge in [0.15, 0.2) is 0 Å². The molecule has 104 valence electrons.